The number of carbonyl (C=O) groups is 1. The van der Waals surface area contributed by atoms with Gasteiger partial charge < -0.3 is 14.6 Å². The number of hydrogen-bond donors (Lipinski definition) is 1. The number of aryl methyl sites for hydroxylation is 1. The quantitative estimate of drug-likeness (QED) is 0.725. The molecule has 14 heteroatoms. The van der Waals surface area contributed by atoms with Crippen LogP contribution in [0.2, 0.25) is 0 Å². The molecule has 0 spiro atoms. The van der Waals surface area contributed by atoms with E-state index in [2.05, 4.69) is 19.9 Å². The van der Waals surface area contributed by atoms with Crippen molar-refractivity contribution in [1.29, 1.82) is 0 Å². The summed E-state index contributed by atoms with van der Waals surface area (Å²) in [5.41, 5.74) is 0. The number of rotatable bonds is 3. The van der Waals surface area contributed by atoms with Gasteiger partial charge in [-0.2, -0.15) is 17.5 Å². The maximum absolute atomic E-state index is 12.6. The summed E-state index contributed by atoms with van der Waals surface area (Å²) in [6.45, 7) is 2.66. The third-order valence-electron chi connectivity index (χ3n) is 4.82. The van der Waals surface area contributed by atoms with E-state index < -0.39 is 22.2 Å². The fourth-order valence-corrected chi connectivity index (χ4v) is 4.94. The first-order valence-electron chi connectivity index (χ1n) is 8.78. The number of fused-ring (bicyclic) bond motifs is 1. The summed E-state index contributed by atoms with van der Waals surface area (Å²) < 4.78 is 60.2. The summed E-state index contributed by atoms with van der Waals surface area (Å²) in [6.07, 6.45) is 1.44. The minimum absolute atomic E-state index is 0.128. The Bertz CT molecular complexity index is 984. The lowest BCUT2D eigenvalue weighted by molar-refractivity contribution is -0.192. The zero-order valence-corrected chi connectivity index (χ0v) is 16.6. The van der Waals surface area contributed by atoms with E-state index >= 15 is 0 Å². The van der Waals surface area contributed by atoms with Crippen molar-refractivity contribution in [2.24, 2.45) is 18.9 Å². The van der Waals surface area contributed by atoms with E-state index in [1.54, 1.807) is 40.6 Å². The largest absolute Gasteiger partial charge is 0.490 e. The third kappa shape index (κ3) is 4.70. The molecule has 0 aromatic carbocycles. The van der Waals surface area contributed by atoms with Gasteiger partial charge in [-0.05, 0) is 17.9 Å². The molecular formula is C16H19F3N6O4S. The third-order valence-corrected chi connectivity index (χ3v) is 6.53. The molecule has 4 heterocycles. The van der Waals surface area contributed by atoms with Crippen LogP contribution < -0.4 is 4.90 Å². The normalized spacial score (nSPS) is 21.8. The van der Waals surface area contributed by atoms with Crippen molar-refractivity contribution in [2.45, 2.75) is 11.2 Å². The summed E-state index contributed by atoms with van der Waals surface area (Å²) in [5, 5.41) is 7.25. The average Bonchev–Trinajstić information content (AvgIpc) is 3.36. The molecule has 2 fully saturated rings. The molecule has 0 aliphatic carbocycles. The highest BCUT2D eigenvalue weighted by Gasteiger charge is 2.45. The van der Waals surface area contributed by atoms with Gasteiger partial charge in [-0.25, -0.2) is 28.2 Å². The van der Waals surface area contributed by atoms with Crippen molar-refractivity contribution in [3.63, 3.8) is 0 Å². The minimum Gasteiger partial charge on any atom is -0.475 e. The molecule has 164 valence electrons. The Balaban J connectivity index is 0.000000318. The second-order valence-electron chi connectivity index (χ2n) is 6.98. The van der Waals surface area contributed by atoms with Gasteiger partial charge in [0.15, 0.2) is 5.03 Å². The molecular weight excluding hydrogens is 429 g/mol. The molecule has 2 aromatic heterocycles. The number of anilines is 1. The first-order chi connectivity index (χ1) is 14.0. The van der Waals surface area contributed by atoms with Gasteiger partial charge in [-0.15, -0.1) is 0 Å². The SMILES string of the molecule is Cn1cnc(S(=O)(=O)N2C[C@H]3CN(c4ncccn4)C[C@H]3C2)c1.O=C(O)C(F)(F)F. The van der Waals surface area contributed by atoms with Crippen molar-refractivity contribution in [3.8, 4) is 0 Å². The van der Waals surface area contributed by atoms with E-state index in [4.69, 9.17) is 9.90 Å². The topological polar surface area (TPSA) is 122 Å². The van der Waals surface area contributed by atoms with E-state index in [1.807, 2.05) is 0 Å². The van der Waals surface area contributed by atoms with Crippen LogP contribution in [0.3, 0.4) is 0 Å². The summed E-state index contributed by atoms with van der Waals surface area (Å²) in [6, 6.07) is 1.79. The zero-order valence-electron chi connectivity index (χ0n) is 15.8. The van der Waals surface area contributed by atoms with Crippen LogP contribution in [0, 0.1) is 11.8 Å². The van der Waals surface area contributed by atoms with Crippen LogP contribution in [0.25, 0.3) is 0 Å². The Kier molecular flexibility index (Phi) is 5.99. The van der Waals surface area contributed by atoms with Crippen molar-refractivity contribution in [3.05, 3.63) is 31.0 Å². The van der Waals surface area contributed by atoms with Crippen LogP contribution in [0.5, 0.6) is 0 Å². The van der Waals surface area contributed by atoms with E-state index in [0.29, 0.717) is 24.9 Å². The van der Waals surface area contributed by atoms with Crippen molar-refractivity contribution >= 4 is 21.9 Å². The number of aliphatic carboxylic acids is 1. The monoisotopic (exact) mass is 448 g/mol. The van der Waals surface area contributed by atoms with E-state index in [0.717, 1.165) is 19.0 Å². The van der Waals surface area contributed by atoms with Crippen molar-refractivity contribution in [2.75, 3.05) is 31.1 Å². The number of imidazole rings is 1. The first-order valence-corrected chi connectivity index (χ1v) is 10.2. The standard InChI is InChI=1S/C14H18N6O2S.C2HF3O2/c1-18-9-13(17-10-18)23(21,22)20-7-11-5-19(6-12(11)8-20)14-15-3-2-4-16-14;3-2(4,5)1(6)7/h2-4,9-12H,5-8H2,1H3;(H,6,7)/t11-,12+;. The smallest absolute Gasteiger partial charge is 0.475 e. The number of alkyl halides is 3. The lowest BCUT2D eigenvalue weighted by atomic mass is 10.0. The molecule has 0 saturated carbocycles. The highest BCUT2D eigenvalue weighted by molar-refractivity contribution is 7.89. The minimum atomic E-state index is -5.08. The molecule has 2 atom stereocenters. The van der Waals surface area contributed by atoms with Crippen LogP contribution >= 0.6 is 0 Å². The number of carboxylic acids is 1. The first kappa shape index (κ1) is 22.0. The number of carboxylic acid groups (broad SMARTS) is 1. The van der Waals surface area contributed by atoms with Crippen LogP contribution in [0.15, 0.2) is 36.0 Å². The molecule has 2 saturated heterocycles. The number of nitrogens with zero attached hydrogens (tertiary/aromatic N) is 6. The maximum atomic E-state index is 12.6. The van der Waals surface area contributed by atoms with Crippen LogP contribution in [0.4, 0.5) is 19.1 Å². The predicted octanol–water partition coefficient (Wildman–Crippen LogP) is 0.600. The number of aromatic nitrogens is 4. The van der Waals surface area contributed by atoms with Crippen molar-refractivity contribution in [1.82, 2.24) is 23.8 Å². The molecule has 2 aromatic rings. The lowest BCUT2D eigenvalue weighted by Gasteiger charge is -2.20. The summed E-state index contributed by atoms with van der Waals surface area (Å²) >= 11 is 0. The number of halogens is 3. The second-order valence-corrected chi connectivity index (χ2v) is 8.86. The van der Waals surface area contributed by atoms with Crippen molar-refractivity contribution < 1.29 is 31.5 Å². The molecule has 4 rings (SSSR count). The molecule has 0 radical (unpaired) electrons. The highest BCUT2D eigenvalue weighted by atomic mass is 32.2. The average molecular weight is 448 g/mol. The Morgan fingerprint density at radius 2 is 1.63 bits per heavy atom. The molecule has 2 aliphatic rings. The van der Waals surface area contributed by atoms with Gasteiger partial charge in [0.05, 0.1) is 6.33 Å². The molecule has 30 heavy (non-hydrogen) atoms. The Hall–Kier alpha value is -2.74. The van der Waals surface area contributed by atoms with Crippen LogP contribution in [0.1, 0.15) is 0 Å². The second kappa shape index (κ2) is 8.18. The molecule has 0 bridgehead atoms. The number of sulfonamides is 1. The van der Waals surface area contributed by atoms with E-state index in [9.17, 15) is 21.6 Å². The van der Waals surface area contributed by atoms with Crippen LogP contribution in [-0.4, -0.2) is 75.7 Å². The highest BCUT2D eigenvalue weighted by Crippen LogP contribution is 2.35. The summed E-state index contributed by atoms with van der Waals surface area (Å²) in [4.78, 5) is 23.6. The Labute approximate surface area is 170 Å². The van der Waals surface area contributed by atoms with Gasteiger partial charge in [-0.1, -0.05) is 0 Å². The summed E-state index contributed by atoms with van der Waals surface area (Å²) in [5.74, 6) is -1.40. The van der Waals surface area contributed by atoms with Gasteiger partial charge in [0.2, 0.25) is 5.95 Å². The number of hydrogen-bond acceptors (Lipinski definition) is 7. The molecule has 0 amide bonds. The summed E-state index contributed by atoms with van der Waals surface area (Å²) in [7, 11) is -1.72. The van der Waals surface area contributed by atoms with Crippen LogP contribution in [-0.2, 0) is 21.9 Å². The van der Waals surface area contributed by atoms with E-state index in [1.165, 1.54) is 6.33 Å². The van der Waals surface area contributed by atoms with Gasteiger partial charge in [0.25, 0.3) is 10.0 Å². The maximum Gasteiger partial charge on any atom is 0.490 e. The Morgan fingerprint density at radius 1 is 1.10 bits per heavy atom. The van der Waals surface area contributed by atoms with Gasteiger partial charge in [0.1, 0.15) is 0 Å². The predicted molar refractivity (Wildman–Crippen MR) is 96.9 cm³/mol. The molecule has 10 nitrogen and oxygen atoms in total. The molecule has 1 N–H and O–H groups in total. The van der Waals surface area contributed by atoms with Gasteiger partial charge >= 0.3 is 12.1 Å². The fourth-order valence-electron chi connectivity index (χ4n) is 3.42. The molecule has 0 unspecified atom stereocenters. The van der Waals surface area contributed by atoms with Gasteiger partial charge in [-0.3, -0.25) is 0 Å². The van der Waals surface area contributed by atoms with Gasteiger partial charge in [0, 0.05) is 51.8 Å². The zero-order chi connectivity index (χ0) is 22.1. The fraction of sp³-hybridized carbons (Fsp3) is 0.500. The van der Waals surface area contributed by atoms with E-state index in [-0.39, 0.29) is 5.03 Å². The lowest BCUT2D eigenvalue weighted by Crippen LogP contribution is -2.34. The molecule has 2 aliphatic heterocycles. The Morgan fingerprint density at radius 3 is 2.07 bits per heavy atom.